The Morgan fingerprint density at radius 2 is 2.20 bits per heavy atom. The van der Waals surface area contributed by atoms with Gasteiger partial charge in [-0.15, -0.1) is 0 Å². The summed E-state index contributed by atoms with van der Waals surface area (Å²) in [4.78, 5) is 25.6. The third kappa shape index (κ3) is 6.53. The number of aromatic nitrogens is 1. The lowest BCUT2D eigenvalue weighted by atomic mass is 10.3. The number of unbranched alkanes of at least 4 members (excludes halogenated alkanes) is 1. The van der Waals surface area contributed by atoms with Crippen molar-refractivity contribution in [3.05, 3.63) is 30.1 Å². The Bertz CT molecular complexity index is 467. The van der Waals surface area contributed by atoms with Crippen LogP contribution in [0.4, 0.5) is 0 Å². The Balaban J connectivity index is 2.38. The zero-order valence-corrected chi connectivity index (χ0v) is 11.2. The van der Waals surface area contributed by atoms with E-state index in [-0.39, 0.29) is 6.61 Å². The summed E-state index contributed by atoms with van der Waals surface area (Å²) >= 11 is 0. The number of rotatable bonds is 8. The van der Waals surface area contributed by atoms with Gasteiger partial charge in [0.15, 0.2) is 6.61 Å². The summed E-state index contributed by atoms with van der Waals surface area (Å²) in [6.07, 6.45) is 5.57. The summed E-state index contributed by atoms with van der Waals surface area (Å²) < 4.78 is 10.1. The standard InChI is InChI=1S/C14H17NO5/c1-2-3-8-19-14(18)10-20-12-6-4-11(15-9-12)5-7-13(16)17/h4-7,9H,2-3,8,10H2,1H3,(H,16,17). The van der Waals surface area contributed by atoms with E-state index >= 15 is 0 Å². The maximum absolute atomic E-state index is 11.3. The van der Waals surface area contributed by atoms with Gasteiger partial charge in [-0.1, -0.05) is 13.3 Å². The summed E-state index contributed by atoms with van der Waals surface area (Å²) in [5.74, 6) is -1.04. The van der Waals surface area contributed by atoms with Crippen molar-refractivity contribution in [2.24, 2.45) is 0 Å². The highest BCUT2D eigenvalue weighted by atomic mass is 16.6. The van der Waals surface area contributed by atoms with Gasteiger partial charge in [0, 0.05) is 6.08 Å². The number of carbonyl (C=O) groups is 2. The van der Waals surface area contributed by atoms with E-state index in [4.69, 9.17) is 14.6 Å². The predicted molar refractivity (Wildman–Crippen MR) is 72.3 cm³/mol. The molecule has 0 atom stereocenters. The highest BCUT2D eigenvalue weighted by Gasteiger charge is 2.04. The number of carboxylic acids is 1. The van der Waals surface area contributed by atoms with Gasteiger partial charge >= 0.3 is 11.9 Å². The third-order valence-corrected chi connectivity index (χ3v) is 2.27. The Morgan fingerprint density at radius 3 is 2.80 bits per heavy atom. The number of carbonyl (C=O) groups excluding carboxylic acids is 1. The van der Waals surface area contributed by atoms with Crippen molar-refractivity contribution in [2.45, 2.75) is 19.8 Å². The second-order valence-electron chi connectivity index (χ2n) is 3.95. The normalized spacial score (nSPS) is 10.4. The number of hydrogen-bond acceptors (Lipinski definition) is 5. The zero-order valence-electron chi connectivity index (χ0n) is 11.2. The summed E-state index contributed by atoms with van der Waals surface area (Å²) in [6.45, 7) is 2.24. The molecule has 0 bridgehead atoms. The maximum Gasteiger partial charge on any atom is 0.344 e. The maximum atomic E-state index is 11.3. The number of pyridine rings is 1. The van der Waals surface area contributed by atoms with Crippen LogP contribution in [0.2, 0.25) is 0 Å². The van der Waals surface area contributed by atoms with Crippen LogP contribution >= 0.6 is 0 Å². The SMILES string of the molecule is CCCCOC(=O)COc1ccc(C=CC(=O)O)nc1. The van der Waals surface area contributed by atoms with Gasteiger partial charge in [0.2, 0.25) is 0 Å². The van der Waals surface area contributed by atoms with E-state index in [1.807, 2.05) is 6.92 Å². The van der Waals surface area contributed by atoms with Crippen LogP contribution in [-0.2, 0) is 14.3 Å². The minimum Gasteiger partial charge on any atom is -0.480 e. The van der Waals surface area contributed by atoms with E-state index in [0.717, 1.165) is 18.9 Å². The van der Waals surface area contributed by atoms with Gasteiger partial charge in [-0.05, 0) is 24.6 Å². The molecule has 0 aliphatic carbocycles. The molecule has 0 aliphatic rings. The molecular weight excluding hydrogens is 262 g/mol. The Kier molecular flexibility index (Phi) is 6.81. The van der Waals surface area contributed by atoms with Crippen molar-refractivity contribution < 1.29 is 24.2 Å². The second kappa shape index (κ2) is 8.68. The van der Waals surface area contributed by atoms with Gasteiger partial charge in [0.25, 0.3) is 0 Å². The molecule has 0 amide bonds. The topological polar surface area (TPSA) is 85.7 Å². The molecule has 0 aliphatic heterocycles. The number of ether oxygens (including phenoxy) is 2. The van der Waals surface area contributed by atoms with Crippen LogP contribution in [0, 0.1) is 0 Å². The molecule has 1 heterocycles. The number of esters is 1. The smallest absolute Gasteiger partial charge is 0.344 e. The molecule has 6 heteroatoms. The van der Waals surface area contributed by atoms with E-state index < -0.39 is 11.9 Å². The van der Waals surface area contributed by atoms with E-state index in [0.29, 0.717) is 18.1 Å². The molecule has 0 fully saturated rings. The fourth-order valence-corrected chi connectivity index (χ4v) is 1.25. The van der Waals surface area contributed by atoms with Gasteiger partial charge in [-0.3, -0.25) is 4.98 Å². The van der Waals surface area contributed by atoms with Crippen molar-refractivity contribution in [1.82, 2.24) is 4.98 Å². The molecule has 0 saturated heterocycles. The van der Waals surface area contributed by atoms with E-state index in [2.05, 4.69) is 4.98 Å². The largest absolute Gasteiger partial charge is 0.480 e. The molecule has 0 aromatic carbocycles. The van der Waals surface area contributed by atoms with Crippen molar-refractivity contribution in [3.63, 3.8) is 0 Å². The quantitative estimate of drug-likeness (QED) is 0.444. The predicted octanol–water partition coefficient (Wildman–Crippen LogP) is 1.90. The second-order valence-corrected chi connectivity index (χ2v) is 3.95. The molecule has 0 saturated carbocycles. The van der Waals surface area contributed by atoms with Crippen LogP contribution in [0.1, 0.15) is 25.5 Å². The summed E-state index contributed by atoms with van der Waals surface area (Å²) in [6, 6.07) is 3.20. The highest BCUT2D eigenvalue weighted by molar-refractivity contribution is 5.84. The van der Waals surface area contributed by atoms with Crippen molar-refractivity contribution >= 4 is 18.0 Å². The molecule has 0 spiro atoms. The van der Waals surface area contributed by atoms with Crippen LogP contribution in [0.3, 0.4) is 0 Å². The lowest BCUT2D eigenvalue weighted by Crippen LogP contribution is -2.15. The molecule has 108 valence electrons. The van der Waals surface area contributed by atoms with E-state index in [1.165, 1.54) is 12.3 Å². The fourth-order valence-electron chi connectivity index (χ4n) is 1.25. The molecular formula is C14H17NO5. The zero-order chi connectivity index (χ0) is 14.8. The molecule has 1 N–H and O–H groups in total. The van der Waals surface area contributed by atoms with Gasteiger partial charge < -0.3 is 14.6 Å². The first-order valence-electron chi connectivity index (χ1n) is 6.27. The molecule has 1 rings (SSSR count). The first kappa shape index (κ1) is 15.7. The minimum absolute atomic E-state index is 0.171. The van der Waals surface area contributed by atoms with Gasteiger partial charge in [-0.2, -0.15) is 0 Å². The highest BCUT2D eigenvalue weighted by Crippen LogP contribution is 2.10. The molecule has 1 aromatic heterocycles. The number of aliphatic carboxylic acids is 1. The van der Waals surface area contributed by atoms with Crippen molar-refractivity contribution in [2.75, 3.05) is 13.2 Å². The first-order chi connectivity index (χ1) is 9.61. The molecule has 0 unspecified atom stereocenters. The average Bonchev–Trinajstić information content (AvgIpc) is 2.44. The summed E-state index contributed by atoms with van der Waals surface area (Å²) in [5.41, 5.74) is 0.491. The first-order valence-corrected chi connectivity index (χ1v) is 6.27. The minimum atomic E-state index is -1.04. The lowest BCUT2D eigenvalue weighted by Gasteiger charge is -2.06. The number of carboxylic acid groups (broad SMARTS) is 1. The number of hydrogen-bond donors (Lipinski definition) is 1. The molecule has 6 nitrogen and oxygen atoms in total. The fraction of sp³-hybridized carbons (Fsp3) is 0.357. The number of nitrogens with zero attached hydrogens (tertiary/aromatic N) is 1. The van der Waals surface area contributed by atoms with Crippen molar-refractivity contribution in [3.8, 4) is 5.75 Å². The third-order valence-electron chi connectivity index (χ3n) is 2.27. The van der Waals surface area contributed by atoms with Crippen LogP contribution in [-0.4, -0.2) is 35.2 Å². The van der Waals surface area contributed by atoms with E-state index in [9.17, 15) is 9.59 Å². The van der Waals surface area contributed by atoms with Gasteiger partial charge in [0.1, 0.15) is 5.75 Å². The summed E-state index contributed by atoms with van der Waals surface area (Å²) in [7, 11) is 0. The molecule has 0 radical (unpaired) electrons. The van der Waals surface area contributed by atoms with Crippen LogP contribution in [0.15, 0.2) is 24.4 Å². The molecule has 1 aromatic rings. The Labute approximate surface area is 117 Å². The average molecular weight is 279 g/mol. The van der Waals surface area contributed by atoms with Gasteiger partial charge in [-0.25, -0.2) is 9.59 Å². The monoisotopic (exact) mass is 279 g/mol. The Morgan fingerprint density at radius 1 is 1.40 bits per heavy atom. The van der Waals surface area contributed by atoms with E-state index in [1.54, 1.807) is 12.1 Å². The van der Waals surface area contributed by atoms with Crippen LogP contribution in [0.5, 0.6) is 5.75 Å². The summed E-state index contributed by atoms with van der Waals surface area (Å²) in [5, 5.41) is 8.47. The van der Waals surface area contributed by atoms with Crippen LogP contribution < -0.4 is 4.74 Å². The lowest BCUT2D eigenvalue weighted by molar-refractivity contribution is -0.146. The van der Waals surface area contributed by atoms with Gasteiger partial charge in [0.05, 0.1) is 18.5 Å². The molecule has 20 heavy (non-hydrogen) atoms. The van der Waals surface area contributed by atoms with Crippen molar-refractivity contribution in [1.29, 1.82) is 0 Å². The van der Waals surface area contributed by atoms with Crippen LogP contribution in [0.25, 0.3) is 6.08 Å². The Hall–Kier alpha value is -2.37.